The number of nitrogens with zero attached hydrogens (tertiary/aromatic N) is 1. The monoisotopic (exact) mass is 238 g/mol. The van der Waals surface area contributed by atoms with Crippen molar-refractivity contribution >= 4 is 0 Å². The predicted octanol–water partition coefficient (Wildman–Crippen LogP) is 2.89. The highest BCUT2D eigenvalue weighted by Gasteiger charge is 2.46. The van der Waals surface area contributed by atoms with Gasteiger partial charge in [-0.15, -0.1) is 0 Å². The fourth-order valence-corrected chi connectivity index (χ4v) is 3.29. The van der Waals surface area contributed by atoms with Crippen molar-refractivity contribution in [2.45, 2.75) is 58.9 Å². The van der Waals surface area contributed by atoms with Gasteiger partial charge < -0.3 is 10.2 Å². The first-order valence-electron chi connectivity index (χ1n) is 7.62. The minimum atomic E-state index is 0.682. The smallest absolute Gasteiger partial charge is 0.0194 e. The van der Waals surface area contributed by atoms with Gasteiger partial charge in [-0.25, -0.2) is 0 Å². The Morgan fingerprint density at radius 3 is 2.71 bits per heavy atom. The minimum Gasteiger partial charge on any atom is -0.313 e. The second-order valence-electron chi connectivity index (χ2n) is 6.55. The molecule has 0 radical (unpaired) electrons. The van der Waals surface area contributed by atoms with E-state index in [0.29, 0.717) is 5.41 Å². The minimum absolute atomic E-state index is 0.682. The molecule has 17 heavy (non-hydrogen) atoms. The maximum Gasteiger partial charge on any atom is 0.0194 e. The Hall–Kier alpha value is -0.0800. The van der Waals surface area contributed by atoms with Crippen molar-refractivity contribution in [3.63, 3.8) is 0 Å². The molecule has 100 valence electrons. The van der Waals surface area contributed by atoms with E-state index in [1.54, 1.807) is 0 Å². The lowest BCUT2D eigenvalue weighted by Gasteiger charge is -2.30. The van der Waals surface area contributed by atoms with Crippen LogP contribution in [0.5, 0.6) is 0 Å². The highest BCUT2D eigenvalue weighted by molar-refractivity contribution is 4.98. The average molecular weight is 238 g/mol. The molecule has 0 aromatic rings. The topological polar surface area (TPSA) is 15.3 Å². The Bertz CT molecular complexity index is 233. The average Bonchev–Trinajstić information content (AvgIpc) is 3.06. The van der Waals surface area contributed by atoms with Crippen LogP contribution in [0.15, 0.2) is 0 Å². The molecule has 1 N–H and O–H groups in total. The van der Waals surface area contributed by atoms with E-state index in [-0.39, 0.29) is 0 Å². The van der Waals surface area contributed by atoms with Crippen molar-refractivity contribution in [2.75, 3.05) is 26.2 Å². The van der Waals surface area contributed by atoms with Gasteiger partial charge >= 0.3 is 0 Å². The maximum atomic E-state index is 3.71. The summed E-state index contributed by atoms with van der Waals surface area (Å²) in [6.45, 7) is 12.3. The highest BCUT2D eigenvalue weighted by Crippen LogP contribution is 2.52. The third-order valence-corrected chi connectivity index (χ3v) is 4.86. The molecule has 2 fully saturated rings. The van der Waals surface area contributed by atoms with E-state index in [0.717, 1.165) is 12.0 Å². The second-order valence-corrected chi connectivity index (χ2v) is 6.55. The van der Waals surface area contributed by atoms with Crippen LogP contribution < -0.4 is 5.32 Å². The van der Waals surface area contributed by atoms with E-state index in [1.807, 2.05) is 0 Å². The van der Waals surface area contributed by atoms with Crippen LogP contribution in [-0.2, 0) is 0 Å². The van der Waals surface area contributed by atoms with Gasteiger partial charge in [0, 0.05) is 19.1 Å². The largest absolute Gasteiger partial charge is 0.313 e. The normalized spacial score (nSPS) is 29.3. The predicted molar refractivity (Wildman–Crippen MR) is 74.3 cm³/mol. The molecule has 1 unspecified atom stereocenters. The Balaban J connectivity index is 1.86. The summed E-state index contributed by atoms with van der Waals surface area (Å²) in [5.74, 6) is 0.864. The maximum absolute atomic E-state index is 3.71. The summed E-state index contributed by atoms with van der Waals surface area (Å²) in [7, 11) is 0. The number of nitrogens with one attached hydrogen (secondary N) is 1. The highest BCUT2D eigenvalue weighted by atomic mass is 15.2. The summed E-state index contributed by atoms with van der Waals surface area (Å²) in [6.07, 6.45) is 6.90. The van der Waals surface area contributed by atoms with Gasteiger partial charge in [-0.05, 0) is 50.1 Å². The zero-order valence-corrected chi connectivity index (χ0v) is 12.0. The van der Waals surface area contributed by atoms with E-state index in [2.05, 4.69) is 31.0 Å². The molecular weight excluding hydrogens is 208 g/mol. The summed E-state index contributed by atoms with van der Waals surface area (Å²) in [6, 6.07) is 0.741. The summed E-state index contributed by atoms with van der Waals surface area (Å²) >= 11 is 0. The fourth-order valence-electron chi connectivity index (χ4n) is 3.29. The number of hydrogen-bond acceptors (Lipinski definition) is 2. The van der Waals surface area contributed by atoms with E-state index < -0.39 is 0 Å². The Morgan fingerprint density at radius 1 is 1.35 bits per heavy atom. The molecule has 0 amide bonds. The number of hydrogen-bond donors (Lipinski definition) is 1. The summed E-state index contributed by atoms with van der Waals surface area (Å²) < 4.78 is 0. The van der Waals surface area contributed by atoms with Crippen LogP contribution >= 0.6 is 0 Å². The summed E-state index contributed by atoms with van der Waals surface area (Å²) in [4.78, 5) is 2.74. The van der Waals surface area contributed by atoms with Crippen LogP contribution in [0, 0.1) is 11.3 Å². The molecule has 1 aliphatic carbocycles. The first-order valence-corrected chi connectivity index (χ1v) is 7.62. The van der Waals surface area contributed by atoms with Crippen LogP contribution in [0.3, 0.4) is 0 Å². The third-order valence-electron chi connectivity index (χ3n) is 4.86. The zero-order valence-electron chi connectivity index (χ0n) is 12.0. The molecule has 1 heterocycles. The molecule has 2 nitrogen and oxygen atoms in total. The summed E-state index contributed by atoms with van der Waals surface area (Å²) in [5, 5.41) is 3.71. The Labute approximate surface area is 107 Å². The molecule has 2 rings (SSSR count). The van der Waals surface area contributed by atoms with Crippen molar-refractivity contribution in [1.82, 2.24) is 10.2 Å². The van der Waals surface area contributed by atoms with Crippen LogP contribution in [0.1, 0.15) is 52.9 Å². The van der Waals surface area contributed by atoms with Gasteiger partial charge in [0.05, 0.1) is 0 Å². The molecule has 0 aromatic carbocycles. The lowest BCUT2D eigenvalue weighted by molar-refractivity contribution is 0.181. The number of rotatable bonds is 5. The molecular formula is C15H30N2. The van der Waals surface area contributed by atoms with Crippen LogP contribution in [0.4, 0.5) is 0 Å². The van der Waals surface area contributed by atoms with E-state index in [4.69, 9.17) is 0 Å². The first-order chi connectivity index (χ1) is 8.16. The Kier molecular flexibility index (Phi) is 4.48. The van der Waals surface area contributed by atoms with Gasteiger partial charge in [0.15, 0.2) is 0 Å². The molecule has 0 spiro atoms. The van der Waals surface area contributed by atoms with Crippen LogP contribution in [-0.4, -0.2) is 37.1 Å². The standard InChI is InChI=1S/C15H30N2/c1-4-6-14-11-17(10-5-9-16-14)12-15(7-8-15)13(2)3/h13-14,16H,4-12H2,1-3H3. The van der Waals surface area contributed by atoms with E-state index in [1.165, 1.54) is 58.3 Å². The van der Waals surface area contributed by atoms with Gasteiger partial charge in [-0.2, -0.15) is 0 Å². The van der Waals surface area contributed by atoms with Gasteiger partial charge in [0.25, 0.3) is 0 Å². The third kappa shape index (κ3) is 3.45. The quantitative estimate of drug-likeness (QED) is 0.792. The SMILES string of the molecule is CCCC1CN(CC2(C(C)C)CC2)CCCN1. The molecule has 1 aliphatic heterocycles. The Morgan fingerprint density at radius 2 is 2.12 bits per heavy atom. The van der Waals surface area contributed by atoms with Crippen LogP contribution in [0.25, 0.3) is 0 Å². The lowest BCUT2D eigenvalue weighted by Crippen LogP contribution is -2.40. The molecule has 2 aliphatic rings. The molecule has 1 saturated carbocycles. The van der Waals surface area contributed by atoms with Crippen molar-refractivity contribution < 1.29 is 0 Å². The van der Waals surface area contributed by atoms with E-state index >= 15 is 0 Å². The van der Waals surface area contributed by atoms with Crippen molar-refractivity contribution in [1.29, 1.82) is 0 Å². The molecule has 2 heteroatoms. The van der Waals surface area contributed by atoms with Gasteiger partial charge in [-0.3, -0.25) is 0 Å². The van der Waals surface area contributed by atoms with Gasteiger partial charge in [-0.1, -0.05) is 27.2 Å². The van der Waals surface area contributed by atoms with Gasteiger partial charge in [0.1, 0.15) is 0 Å². The first kappa shape index (κ1) is 13.4. The molecule has 1 atom stereocenters. The van der Waals surface area contributed by atoms with Crippen LogP contribution in [0.2, 0.25) is 0 Å². The molecule has 0 aromatic heterocycles. The van der Waals surface area contributed by atoms with Crippen molar-refractivity contribution in [2.24, 2.45) is 11.3 Å². The van der Waals surface area contributed by atoms with E-state index in [9.17, 15) is 0 Å². The zero-order chi connectivity index (χ0) is 12.3. The molecule has 1 saturated heterocycles. The van der Waals surface area contributed by atoms with Crippen molar-refractivity contribution in [3.05, 3.63) is 0 Å². The molecule has 0 bridgehead atoms. The lowest BCUT2D eigenvalue weighted by atomic mass is 9.91. The van der Waals surface area contributed by atoms with Crippen molar-refractivity contribution in [3.8, 4) is 0 Å². The summed E-state index contributed by atoms with van der Waals surface area (Å²) in [5.41, 5.74) is 0.682. The fraction of sp³-hybridized carbons (Fsp3) is 1.00. The second kappa shape index (κ2) is 5.71. The van der Waals surface area contributed by atoms with Gasteiger partial charge in [0.2, 0.25) is 0 Å².